The third-order valence-corrected chi connectivity index (χ3v) is 3.30. The summed E-state index contributed by atoms with van der Waals surface area (Å²) in [5, 5.41) is 2.08. The lowest BCUT2D eigenvalue weighted by Gasteiger charge is -2.25. The Hall–Kier alpha value is -2.15. The molecule has 0 radical (unpaired) electrons. The van der Waals surface area contributed by atoms with E-state index in [2.05, 4.69) is 15.2 Å². The van der Waals surface area contributed by atoms with Crippen molar-refractivity contribution in [3.05, 3.63) is 29.6 Å². The number of aromatic nitrogens is 1. The predicted octanol–water partition coefficient (Wildman–Crippen LogP) is 3.52. The molecule has 0 saturated heterocycles. The first-order valence-electron chi connectivity index (χ1n) is 8.69. The summed E-state index contributed by atoms with van der Waals surface area (Å²) in [4.78, 5) is 30.2. The van der Waals surface area contributed by atoms with E-state index < -0.39 is 23.4 Å². The molecule has 0 bridgehead atoms. The Morgan fingerprint density at radius 3 is 2.19 bits per heavy atom. The molecule has 146 valence electrons. The van der Waals surface area contributed by atoms with Gasteiger partial charge in [0.05, 0.1) is 5.69 Å². The van der Waals surface area contributed by atoms with Gasteiger partial charge in [0.25, 0.3) is 0 Å². The number of hydrogen-bond donors (Lipinski definition) is 1. The summed E-state index contributed by atoms with van der Waals surface area (Å²) in [6.45, 7) is 9.53. The molecule has 1 rings (SSSR count). The predicted molar refractivity (Wildman–Crippen MR) is 99.9 cm³/mol. The van der Waals surface area contributed by atoms with Crippen LogP contribution in [0.4, 0.5) is 9.59 Å². The smallest absolute Gasteiger partial charge is 0.417 e. The van der Waals surface area contributed by atoms with Gasteiger partial charge in [-0.3, -0.25) is 4.98 Å². The lowest BCUT2D eigenvalue weighted by atomic mass is 10.0. The molecular weight excluding hydrogens is 334 g/mol. The topological polar surface area (TPSA) is 80.8 Å². The zero-order valence-corrected chi connectivity index (χ0v) is 16.9. The SMILES string of the molecule is CN(C)Cc1cccc(CCC(C)(C)OC(=O)NC(=O)OC(C)(C)C)n1. The number of nitrogens with one attached hydrogen (secondary N) is 1. The number of rotatable bonds is 6. The van der Waals surface area contributed by atoms with Crippen molar-refractivity contribution < 1.29 is 19.1 Å². The van der Waals surface area contributed by atoms with Crippen LogP contribution < -0.4 is 5.32 Å². The van der Waals surface area contributed by atoms with Gasteiger partial charge in [-0.05, 0) is 73.7 Å². The minimum absolute atomic E-state index is 0.577. The number of aryl methyl sites for hydroxylation is 1. The zero-order chi connectivity index (χ0) is 20.0. The quantitative estimate of drug-likeness (QED) is 0.831. The van der Waals surface area contributed by atoms with Crippen molar-refractivity contribution in [2.75, 3.05) is 14.1 Å². The lowest BCUT2D eigenvalue weighted by Crippen LogP contribution is -2.40. The molecule has 0 aliphatic heterocycles. The summed E-state index contributed by atoms with van der Waals surface area (Å²) >= 11 is 0. The molecule has 7 nitrogen and oxygen atoms in total. The van der Waals surface area contributed by atoms with Crippen LogP contribution >= 0.6 is 0 Å². The molecule has 1 aromatic rings. The fraction of sp³-hybridized carbons (Fsp3) is 0.632. The second-order valence-electron chi connectivity index (χ2n) is 8.13. The highest BCUT2D eigenvalue weighted by molar-refractivity contribution is 5.87. The van der Waals surface area contributed by atoms with Crippen LogP contribution in [-0.4, -0.2) is 47.4 Å². The van der Waals surface area contributed by atoms with Gasteiger partial charge in [0.2, 0.25) is 0 Å². The Labute approximate surface area is 156 Å². The monoisotopic (exact) mass is 365 g/mol. The molecule has 7 heteroatoms. The van der Waals surface area contributed by atoms with Gasteiger partial charge >= 0.3 is 12.2 Å². The van der Waals surface area contributed by atoms with E-state index in [0.29, 0.717) is 12.8 Å². The fourth-order valence-corrected chi connectivity index (χ4v) is 2.22. The maximum Gasteiger partial charge on any atom is 0.417 e. The Morgan fingerprint density at radius 1 is 1.04 bits per heavy atom. The average Bonchev–Trinajstić information content (AvgIpc) is 2.42. The first-order valence-corrected chi connectivity index (χ1v) is 8.69. The molecule has 0 atom stereocenters. The van der Waals surface area contributed by atoms with Crippen LogP contribution in [0.25, 0.3) is 0 Å². The summed E-state index contributed by atoms with van der Waals surface area (Å²) in [7, 11) is 3.99. The third kappa shape index (κ3) is 9.36. The van der Waals surface area contributed by atoms with Gasteiger partial charge in [0.1, 0.15) is 11.2 Å². The lowest BCUT2D eigenvalue weighted by molar-refractivity contribution is 0.0237. The first kappa shape index (κ1) is 21.9. The second kappa shape index (κ2) is 8.98. The molecule has 0 aliphatic carbocycles. The fourth-order valence-electron chi connectivity index (χ4n) is 2.22. The van der Waals surface area contributed by atoms with Gasteiger partial charge < -0.3 is 14.4 Å². The Balaban J connectivity index is 2.53. The van der Waals surface area contributed by atoms with E-state index in [9.17, 15) is 9.59 Å². The highest BCUT2D eigenvalue weighted by Gasteiger charge is 2.25. The van der Waals surface area contributed by atoms with Crippen molar-refractivity contribution in [2.24, 2.45) is 0 Å². The standard InChI is InChI=1S/C19H31N3O4/c1-18(2,3)25-16(23)21-17(24)26-19(4,5)12-11-14-9-8-10-15(20-14)13-22(6)7/h8-10H,11-13H2,1-7H3,(H,21,23,24). The molecule has 0 aliphatic rings. The van der Waals surface area contributed by atoms with E-state index in [-0.39, 0.29) is 0 Å². The Bertz CT molecular complexity index is 621. The largest absolute Gasteiger partial charge is 0.443 e. The summed E-state index contributed by atoms with van der Waals surface area (Å²) in [5.41, 5.74) is 0.511. The van der Waals surface area contributed by atoms with Crippen LogP contribution in [0.15, 0.2) is 18.2 Å². The molecule has 0 saturated carbocycles. The number of imide groups is 1. The molecule has 1 heterocycles. The molecule has 26 heavy (non-hydrogen) atoms. The normalized spacial score (nSPS) is 12.0. The van der Waals surface area contributed by atoms with Gasteiger partial charge in [0, 0.05) is 12.2 Å². The van der Waals surface area contributed by atoms with E-state index in [1.54, 1.807) is 34.6 Å². The molecular formula is C19H31N3O4. The van der Waals surface area contributed by atoms with E-state index in [4.69, 9.17) is 9.47 Å². The maximum absolute atomic E-state index is 11.9. The summed E-state index contributed by atoms with van der Waals surface area (Å²) < 4.78 is 10.4. The van der Waals surface area contributed by atoms with Crippen molar-refractivity contribution in [3.8, 4) is 0 Å². The minimum Gasteiger partial charge on any atom is -0.443 e. The number of nitrogens with zero attached hydrogens (tertiary/aromatic N) is 2. The van der Waals surface area contributed by atoms with E-state index >= 15 is 0 Å². The molecule has 0 aromatic carbocycles. The van der Waals surface area contributed by atoms with Crippen LogP contribution in [0.2, 0.25) is 0 Å². The Kier molecular flexibility index (Phi) is 7.56. The van der Waals surface area contributed by atoms with Gasteiger partial charge in [-0.25, -0.2) is 14.9 Å². The van der Waals surface area contributed by atoms with Crippen LogP contribution in [0, 0.1) is 0 Å². The zero-order valence-electron chi connectivity index (χ0n) is 16.9. The van der Waals surface area contributed by atoms with Crippen LogP contribution in [0.1, 0.15) is 52.4 Å². The van der Waals surface area contributed by atoms with Gasteiger partial charge in [0.15, 0.2) is 0 Å². The number of ether oxygens (including phenoxy) is 2. The molecule has 1 aromatic heterocycles. The number of carbonyl (C=O) groups is 2. The maximum atomic E-state index is 11.9. The number of hydrogen-bond acceptors (Lipinski definition) is 6. The Morgan fingerprint density at radius 2 is 1.62 bits per heavy atom. The highest BCUT2D eigenvalue weighted by atomic mass is 16.6. The second-order valence-corrected chi connectivity index (χ2v) is 8.13. The molecule has 1 N–H and O–H groups in total. The minimum atomic E-state index is -0.823. The van der Waals surface area contributed by atoms with Crippen molar-refractivity contribution in [1.82, 2.24) is 15.2 Å². The summed E-state index contributed by atoms with van der Waals surface area (Å²) in [6.07, 6.45) is -0.406. The van der Waals surface area contributed by atoms with Crippen LogP contribution in [0.3, 0.4) is 0 Å². The van der Waals surface area contributed by atoms with Gasteiger partial charge in [-0.2, -0.15) is 0 Å². The van der Waals surface area contributed by atoms with E-state index in [1.165, 1.54) is 0 Å². The van der Waals surface area contributed by atoms with Crippen molar-refractivity contribution in [2.45, 2.75) is 65.2 Å². The van der Waals surface area contributed by atoms with Crippen LogP contribution in [0.5, 0.6) is 0 Å². The number of alkyl carbamates (subject to hydrolysis) is 2. The highest BCUT2D eigenvalue weighted by Crippen LogP contribution is 2.18. The van der Waals surface area contributed by atoms with E-state index in [1.807, 2.05) is 32.3 Å². The van der Waals surface area contributed by atoms with Crippen molar-refractivity contribution >= 4 is 12.2 Å². The number of amides is 2. The third-order valence-electron chi connectivity index (χ3n) is 3.30. The first-order chi connectivity index (χ1) is 11.9. The van der Waals surface area contributed by atoms with Gasteiger partial charge in [-0.15, -0.1) is 0 Å². The van der Waals surface area contributed by atoms with Crippen LogP contribution in [-0.2, 0) is 22.4 Å². The van der Waals surface area contributed by atoms with Crippen molar-refractivity contribution in [3.63, 3.8) is 0 Å². The number of pyridine rings is 1. The molecule has 0 fully saturated rings. The van der Waals surface area contributed by atoms with E-state index in [0.717, 1.165) is 17.9 Å². The molecule has 0 unspecified atom stereocenters. The number of carbonyl (C=O) groups excluding carboxylic acids is 2. The average molecular weight is 365 g/mol. The van der Waals surface area contributed by atoms with Crippen molar-refractivity contribution in [1.29, 1.82) is 0 Å². The summed E-state index contributed by atoms with van der Waals surface area (Å²) in [5.74, 6) is 0. The molecule has 0 spiro atoms. The summed E-state index contributed by atoms with van der Waals surface area (Å²) in [6, 6.07) is 5.92. The molecule has 2 amide bonds. The van der Waals surface area contributed by atoms with Gasteiger partial charge in [-0.1, -0.05) is 6.07 Å².